The maximum atomic E-state index is 4.86. The van der Waals surface area contributed by atoms with Crippen molar-refractivity contribution in [3.8, 4) is 22.3 Å². The molecular weight excluding hydrogens is 650 g/mol. The minimum atomic E-state index is -0.776. The molecule has 0 fully saturated rings. The Morgan fingerprint density at radius 1 is 0.617 bits per heavy atom. The van der Waals surface area contributed by atoms with Gasteiger partial charge in [0.05, 0.1) is 10.9 Å². The van der Waals surface area contributed by atoms with Gasteiger partial charge in [0.2, 0.25) is 0 Å². The second kappa shape index (κ2) is 16.8. The monoisotopic (exact) mass is 696 g/mol. The third-order valence-electron chi connectivity index (χ3n) is 8.10. The molecule has 2 heterocycles. The van der Waals surface area contributed by atoms with E-state index in [-0.39, 0.29) is 35.3 Å². The summed E-state index contributed by atoms with van der Waals surface area (Å²) in [7, 11) is -1.13. The first-order chi connectivity index (χ1) is 22.1. The van der Waals surface area contributed by atoms with Gasteiger partial charge in [-0.15, -0.1) is 29.3 Å². The summed E-state index contributed by atoms with van der Waals surface area (Å²) in [5, 5.41) is 0.436. The van der Waals surface area contributed by atoms with Gasteiger partial charge >= 0.3 is 17.1 Å². The van der Waals surface area contributed by atoms with Gasteiger partial charge in [-0.2, -0.15) is 18.2 Å². The number of rotatable bonds is 8. The summed E-state index contributed by atoms with van der Waals surface area (Å²) >= 11 is 0. The molecule has 242 valence electrons. The smallest absolute Gasteiger partial charge is 0.256 e. The SMILES string of the molecule is CC(C)(C)P(Cc1c(CP(c2ccccn2)c2ccccn2)cc(-c2ccccc2)[c-]1-c1ccccc1)C(C)(C)C.[Fe+2].c1cc[cH-]c1. The Hall–Kier alpha value is -3.18. The van der Waals surface area contributed by atoms with Gasteiger partial charge in [0.1, 0.15) is 0 Å². The fourth-order valence-corrected chi connectivity index (χ4v) is 12.0. The Labute approximate surface area is 295 Å². The number of benzene rings is 2. The van der Waals surface area contributed by atoms with Crippen LogP contribution in [0.1, 0.15) is 52.7 Å². The number of aromatic nitrogens is 2. The van der Waals surface area contributed by atoms with Crippen molar-refractivity contribution in [3.05, 3.63) is 157 Å². The average Bonchev–Trinajstić information content (AvgIpc) is 3.76. The molecule has 0 spiro atoms. The van der Waals surface area contributed by atoms with E-state index in [2.05, 4.69) is 133 Å². The molecule has 0 saturated heterocycles. The standard InChI is InChI=1S/C37H41N2P2.C5H5.Fe/c1-36(2,3)41(37(4,5)6)27-32-30(26-40(33-21-13-15-23-38-33)34-22-14-16-24-39-34)25-31(28-17-9-7-10-18-28)35(32)29-19-11-8-12-20-29;1-2-4-5-3-1;/h7-25H,26-27H2,1-6H3;1-5H;/q2*-1;+2. The Morgan fingerprint density at radius 2 is 1.13 bits per heavy atom. The fraction of sp³-hybridized carbons (Fsp3) is 0.238. The Balaban J connectivity index is 0.000000762. The van der Waals surface area contributed by atoms with Crippen LogP contribution < -0.4 is 10.9 Å². The number of hydrogen-bond acceptors (Lipinski definition) is 2. The summed E-state index contributed by atoms with van der Waals surface area (Å²) in [4.78, 5) is 9.72. The maximum absolute atomic E-state index is 4.86. The van der Waals surface area contributed by atoms with Crippen molar-refractivity contribution in [2.45, 2.75) is 64.2 Å². The number of hydrogen-bond donors (Lipinski definition) is 0. The van der Waals surface area contributed by atoms with Crippen LogP contribution in [0.3, 0.4) is 0 Å². The molecule has 2 nitrogen and oxygen atoms in total. The average molecular weight is 697 g/mol. The van der Waals surface area contributed by atoms with Crippen LogP contribution in [0.4, 0.5) is 0 Å². The minimum absolute atomic E-state index is 0. The molecule has 5 heteroatoms. The van der Waals surface area contributed by atoms with Crippen LogP contribution in [0.15, 0.2) is 146 Å². The summed E-state index contributed by atoms with van der Waals surface area (Å²) in [5.41, 5.74) is 10.5. The largest absolute Gasteiger partial charge is 2.00 e. The predicted octanol–water partition coefficient (Wildman–Crippen LogP) is 11.1. The van der Waals surface area contributed by atoms with Crippen molar-refractivity contribution in [1.82, 2.24) is 9.97 Å². The van der Waals surface area contributed by atoms with Crippen molar-refractivity contribution in [3.63, 3.8) is 0 Å². The van der Waals surface area contributed by atoms with Crippen LogP contribution in [0.5, 0.6) is 0 Å². The van der Waals surface area contributed by atoms with Crippen molar-refractivity contribution in [1.29, 1.82) is 0 Å². The molecule has 0 aliphatic rings. The molecule has 0 aliphatic heterocycles. The molecule has 6 aromatic rings. The van der Waals surface area contributed by atoms with Gasteiger partial charge < -0.3 is 0 Å². The predicted molar refractivity (Wildman–Crippen MR) is 203 cm³/mol. The van der Waals surface area contributed by atoms with Gasteiger partial charge in [-0.1, -0.05) is 132 Å². The molecular formula is C42H46FeN2P2. The first-order valence-corrected chi connectivity index (χ1v) is 19.1. The van der Waals surface area contributed by atoms with E-state index < -0.39 is 7.92 Å². The molecule has 0 radical (unpaired) electrons. The zero-order valence-electron chi connectivity index (χ0n) is 28.4. The van der Waals surface area contributed by atoms with Crippen LogP contribution in [-0.2, 0) is 29.4 Å². The van der Waals surface area contributed by atoms with E-state index in [1.54, 1.807) is 0 Å². The van der Waals surface area contributed by atoms with Gasteiger partial charge in [-0.05, 0) is 54.8 Å². The maximum Gasteiger partial charge on any atom is 2.00 e. The summed E-state index contributed by atoms with van der Waals surface area (Å²) < 4.78 is 0. The van der Waals surface area contributed by atoms with E-state index in [0.29, 0.717) is 0 Å². The summed E-state index contributed by atoms with van der Waals surface area (Å²) in [5.74, 6) is 0. The van der Waals surface area contributed by atoms with Crippen molar-refractivity contribution in [2.75, 3.05) is 0 Å². The van der Waals surface area contributed by atoms with E-state index in [4.69, 9.17) is 9.97 Å². The molecule has 0 N–H and O–H groups in total. The van der Waals surface area contributed by atoms with Crippen molar-refractivity contribution < 1.29 is 17.1 Å². The molecule has 0 saturated carbocycles. The van der Waals surface area contributed by atoms with Crippen LogP contribution >= 0.6 is 15.8 Å². The topological polar surface area (TPSA) is 25.8 Å². The normalized spacial score (nSPS) is 11.6. The molecule has 0 bridgehead atoms. The van der Waals surface area contributed by atoms with Crippen molar-refractivity contribution in [2.24, 2.45) is 0 Å². The summed E-state index contributed by atoms with van der Waals surface area (Å²) in [6.07, 6.45) is 5.84. The van der Waals surface area contributed by atoms with Gasteiger partial charge in [-0.25, -0.2) is 12.1 Å². The molecule has 0 aliphatic carbocycles. The third kappa shape index (κ3) is 9.69. The Morgan fingerprint density at radius 3 is 1.57 bits per heavy atom. The van der Waals surface area contributed by atoms with Gasteiger partial charge in [-0.3, -0.25) is 9.97 Å². The van der Waals surface area contributed by atoms with E-state index in [1.165, 1.54) is 33.4 Å². The Kier molecular flexibility index (Phi) is 13.1. The first kappa shape index (κ1) is 36.7. The minimum Gasteiger partial charge on any atom is -0.256 e. The van der Waals surface area contributed by atoms with Crippen molar-refractivity contribution >= 4 is 26.7 Å². The molecule has 0 amide bonds. The van der Waals surface area contributed by atoms with Crippen LogP contribution in [0.2, 0.25) is 0 Å². The van der Waals surface area contributed by atoms with E-state index in [0.717, 1.165) is 23.2 Å². The van der Waals surface area contributed by atoms with Crippen LogP contribution in [0.25, 0.3) is 22.3 Å². The molecule has 6 rings (SSSR count). The zero-order chi connectivity index (χ0) is 32.6. The van der Waals surface area contributed by atoms with Gasteiger partial charge in [0.25, 0.3) is 0 Å². The second-order valence-electron chi connectivity index (χ2n) is 13.5. The summed E-state index contributed by atoms with van der Waals surface area (Å²) in [6, 6.07) is 47.0. The number of nitrogens with zero attached hydrogens (tertiary/aromatic N) is 2. The fourth-order valence-electron chi connectivity index (χ4n) is 6.19. The molecule has 2 aromatic heterocycles. The van der Waals surface area contributed by atoms with Crippen LogP contribution in [0, 0.1) is 0 Å². The quantitative estimate of drug-likeness (QED) is 0.0899. The van der Waals surface area contributed by atoms with E-state index in [1.807, 2.05) is 54.9 Å². The first-order valence-electron chi connectivity index (χ1n) is 16.1. The molecule has 4 aromatic carbocycles. The van der Waals surface area contributed by atoms with E-state index in [9.17, 15) is 0 Å². The molecule has 0 atom stereocenters. The molecule has 47 heavy (non-hydrogen) atoms. The zero-order valence-corrected chi connectivity index (χ0v) is 31.3. The second-order valence-corrected chi connectivity index (χ2v) is 19.5. The van der Waals surface area contributed by atoms with E-state index >= 15 is 0 Å². The Bertz CT molecular complexity index is 1670. The molecule has 0 unspecified atom stereocenters. The third-order valence-corrected chi connectivity index (χ3v) is 14.3. The summed E-state index contributed by atoms with van der Waals surface area (Å²) in [6.45, 7) is 14.6. The van der Waals surface area contributed by atoms with Crippen LogP contribution in [-0.4, -0.2) is 20.3 Å². The number of pyridine rings is 2. The van der Waals surface area contributed by atoms with Gasteiger partial charge in [0.15, 0.2) is 0 Å². The van der Waals surface area contributed by atoms with Gasteiger partial charge in [0, 0.05) is 12.4 Å².